The van der Waals surface area contributed by atoms with Gasteiger partial charge < -0.3 is 9.47 Å². The molecule has 1 aromatic rings. The third-order valence-electron chi connectivity index (χ3n) is 1.37. The minimum atomic E-state index is -0.116. The van der Waals surface area contributed by atoms with E-state index in [2.05, 4.69) is 9.97 Å². The predicted molar refractivity (Wildman–Crippen MR) is 38.0 cm³/mol. The molecule has 1 aliphatic heterocycles. The molecular weight excluding hydrogens is 160 g/mol. The number of aromatic nitrogens is 2. The summed E-state index contributed by atoms with van der Waals surface area (Å²) in [5.74, 6) is 0.446. The van der Waals surface area contributed by atoms with Gasteiger partial charge in [-0.3, -0.25) is 4.79 Å². The normalized spacial score (nSPS) is 15.5. The van der Waals surface area contributed by atoms with Crippen molar-refractivity contribution in [2.75, 3.05) is 13.2 Å². The highest BCUT2D eigenvalue weighted by molar-refractivity contribution is 5.81. The van der Waals surface area contributed by atoms with E-state index in [1.54, 1.807) is 0 Å². The van der Waals surface area contributed by atoms with Crippen molar-refractivity contribution in [3.05, 3.63) is 12.4 Å². The summed E-state index contributed by atoms with van der Waals surface area (Å²) < 4.78 is 10.0. The molecule has 0 aromatic carbocycles. The van der Waals surface area contributed by atoms with E-state index in [4.69, 9.17) is 9.47 Å². The number of carbonyl (C=O) groups is 1. The molecule has 0 N–H and O–H groups in total. The maximum Gasteiger partial charge on any atom is 0.278 e. The highest BCUT2D eigenvalue weighted by Gasteiger charge is 2.16. The molecule has 0 bridgehead atoms. The summed E-state index contributed by atoms with van der Waals surface area (Å²) in [5, 5.41) is 0. The van der Waals surface area contributed by atoms with Crippen LogP contribution in [0.4, 0.5) is 0 Å². The van der Waals surface area contributed by atoms with Crippen LogP contribution < -0.4 is 9.47 Å². The molecule has 12 heavy (non-hydrogen) atoms. The molecule has 0 saturated heterocycles. The molecule has 1 aromatic heterocycles. The number of ether oxygens (including phenoxy) is 2. The van der Waals surface area contributed by atoms with E-state index in [0.29, 0.717) is 0 Å². The Balaban J connectivity index is 2.32. The third-order valence-corrected chi connectivity index (χ3v) is 1.37. The first-order valence-electron chi connectivity index (χ1n) is 3.44. The molecule has 0 spiro atoms. The van der Waals surface area contributed by atoms with Crippen molar-refractivity contribution in [1.82, 2.24) is 9.97 Å². The van der Waals surface area contributed by atoms with Gasteiger partial charge in [-0.2, -0.15) is 0 Å². The van der Waals surface area contributed by atoms with Gasteiger partial charge in [-0.15, -0.1) is 0 Å². The van der Waals surface area contributed by atoms with Crippen molar-refractivity contribution >= 4 is 5.78 Å². The van der Waals surface area contributed by atoms with Gasteiger partial charge in [0.05, 0.1) is 0 Å². The number of nitrogens with zero attached hydrogens (tertiary/aromatic N) is 2. The lowest BCUT2D eigenvalue weighted by atomic mass is 10.5. The second-order valence-corrected chi connectivity index (χ2v) is 2.28. The van der Waals surface area contributed by atoms with E-state index >= 15 is 0 Å². The van der Waals surface area contributed by atoms with Gasteiger partial charge in [0, 0.05) is 12.4 Å². The van der Waals surface area contributed by atoms with Gasteiger partial charge in [-0.25, -0.2) is 9.97 Å². The molecular formula is C7H6N2O3. The summed E-state index contributed by atoms with van der Waals surface area (Å²) >= 11 is 0. The molecule has 1 aliphatic rings. The number of ketones is 1. The third kappa shape index (κ3) is 1.20. The quantitative estimate of drug-likeness (QED) is 0.534. The van der Waals surface area contributed by atoms with Crippen LogP contribution in [0.25, 0.3) is 0 Å². The Bertz CT molecular complexity index is 284. The van der Waals surface area contributed by atoms with Crippen molar-refractivity contribution in [3.63, 3.8) is 0 Å². The SMILES string of the molecule is O=C1COc2nccnc2OC1. The van der Waals surface area contributed by atoms with Crippen molar-refractivity contribution in [3.8, 4) is 11.8 Å². The highest BCUT2D eigenvalue weighted by Crippen LogP contribution is 2.21. The number of rotatable bonds is 0. The molecule has 0 atom stereocenters. The monoisotopic (exact) mass is 166 g/mol. The van der Waals surface area contributed by atoms with E-state index < -0.39 is 0 Å². The van der Waals surface area contributed by atoms with Crippen molar-refractivity contribution in [2.24, 2.45) is 0 Å². The zero-order chi connectivity index (χ0) is 8.39. The van der Waals surface area contributed by atoms with Crippen LogP contribution in [0.5, 0.6) is 11.8 Å². The van der Waals surface area contributed by atoms with Gasteiger partial charge in [0.2, 0.25) is 5.78 Å². The van der Waals surface area contributed by atoms with Crippen molar-refractivity contribution < 1.29 is 14.3 Å². The molecule has 2 heterocycles. The van der Waals surface area contributed by atoms with Crippen molar-refractivity contribution in [1.29, 1.82) is 0 Å². The zero-order valence-electron chi connectivity index (χ0n) is 6.19. The fourth-order valence-corrected chi connectivity index (χ4v) is 0.850. The van der Waals surface area contributed by atoms with E-state index in [1.165, 1.54) is 12.4 Å². The molecule has 0 amide bonds. The van der Waals surface area contributed by atoms with Crippen molar-refractivity contribution in [2.45, 2.75) is 0 Å². The number of hydrogen-bond acceptors (Lipinski definition) is 5. The van der Waals surface area contributed by atoms with Crippen LogP contribution in [0.2, 0.25) is 0 Å². The Morgan fingerprint density at radius 3 is 2.08 bits per heavy atom. The predicted octanol–water partition coefficient (Wildman–Crippen LogP) is -0.183. The van der Waals surface area contributed by atoms with E-state index in [0.717, 1.165) is 0 Å². The lowest BCUT2D eigenvalue weighted by molar-refractivity contribution is -0.122. The van der Waals surface area contributed by atoms with Crippen LogP contribution in [0.15, 0.2) is 12.4 Å². The second kappa shape index (κ2) is 2.77. The number of hydrogen-bond donors (Lipinski definition) is 0. The van der Waals surface area contributed by atoms with Crippen LogP contribution >= 0.6 is 0 Å². The summed E-state index contributed by atoms with van der Waals surface area (Å²) in [6.07, 6.45) is 2.97. The van der Waals surface area contributed by atoms with Gasteiger partial charge in [0.1, 0.15) is 0 Å². The molecule has 2 rings (SSSR count). The minimum Gasteiger partial charge on any atom is -0.466 e. The van der Waals surface area contributed by atoms with E-state index in [1.807, 2.05) is 0 Å². The topological polar surface area (TPSA) is 61.3 Å². The lowest BCUT2D eigenvalue weighted by Crippen LogP contribution is -2.15. The Kier molecular flexibility index (Phi) is 1.62. The fraction of sp³-hybridized carbons (Fsp3) is 0.286. The molecule has 5 heteroatoms. The summed E-state index contributed by atoms with van der Waals surface area (Å²) in [6.45, 7) is 0.0113. The zero-order valence-corrected chi connectivity index (χ0v) is 6.19. The van der Waals surface area contributed by atoms with Crippen LogP contribution in [-0.4, -0.2) is 29.0 Å². The summed E-state index contributed by atoms with van der Waals surface area (Å²) in [4.78, 5) is 18.5. The lowest BCUT2D eigenvalue weighted by Gasteiger charge is -2.00. The van der Waals surface area contributed by atoms with Gasteiger partial charge in [-0.1, -0.05) is 0 Å². The summed E-state index contributed by atoms with van der Waals surface area (Å²) in [5.41, 5.74) is 0. The molecule has 0 aliphatic carbocycles. The molecule has 0 saturated carbocycles. The van der Waals surface area contributed by atoms with Crippen LogP contribution in [0.1, 0.15) is 0 Å². The standard InChI is InChI=1S/C7H6N2O3/c10-5-3-11-6-7(12-4-5)9-2-1-8-6/h1-2H,3-4H2. The van der Waals surface area contributed by atoms with Gasteiger partial charge in [0.25, 0.3) is 11.8 Å². The van der Waals surface area contributed by atoms with Crippen LogP contribution in [-0.2, 0) is 4.79 Å². The summed E-state index contributed by atoms with van der Waals surface area (Å²) in [7, 11) is 0. The average Bonchev–Trinajstić information content (AvgIpc) is 2.29. The second-order valence-electron chi connectivity index (χ2n) is 2.28. The van der Waals surface area contributed by atoms with Gasteiger partial charge in [0.15, 0.2) is 13.2 Å². The number of carbonyl (C=O) groups excluding carboxylic acids is 1. The first-order chi connectivity index (χ1) is 5.86. The summed E-state index contributed by atoms with van der Waals surface area (Å²) in [6, 6.07) is 0. The first kappa shape index (κ1) is 7.02. The minimum absolute atomic E-state index is 0.00565. The molecule has 0 fully saturated rings. The number of fused-ring (bicyclic) bond motifs is 1. The van der Waals surface area contributed by atoms with E-state index in [-0.39, 0.29) is 30.8 Å². The fourth-order valence-electron chi connectivity index (χ4n) is 0.850. The molecule has 0 radical (unpaired) electrons. The average molecular weight is 166 g/mol. The smallest absolute Gasteiger partial charge is 0.278 e. The Morgan fingerprint density at radius 2 is 1.58 bits per heavy atom. The van der Waals surface area contributed by atoms with Gasteiger partial charge in [-0.05, 0) is 0 Å². The Morgan fingerprint density at radius 1 is 1.08 bits per heavy atom. The maximum atomic E-state index is 10.8. The van der Waals surface area contributed by atoms with E-state index in [9.17, 15) is 4.79 Å². The number of Topliss-reactive ketones (excluding diaryl/α,β-unsaturated/α-hetero) is 1. The first-order valence-corrected chi connectivity index (χ1v) is 3.44. The van der Waals surface area contributed by atoms with Gasteiger partial charge >= 0.3 is 0 Å². The van der Waals surface area contributed by atoms with Crippen LogP contribution in [0.3, 0.4) is 0 Å². The maximum absolute atomic E-state index is 10.8. The van der Waals surface area contributed by atoms with Crippen LogP contribution in [0, 0.1) is 0 Å². The Labute approximate surface area is 68.3 Å². The molecule has 5 nitrogen and oxygen atoms in total. The molecule has 0 unspecified atom stereocenters. The Hall–Kier alpha value is -1.65. The molecule has 62 valence electrons. The highest BCUT2D eigenvalue weighted by atomic mass is 16.5. The largest absolute Gasteiger partial charge is 0.466 e.